The largest absolute Gasteiger partial charge is 0.493 e. The number of methoxy groups -OCH3 is 2. The average molecular weight is 326 g/mol. The highest BCUT2D eigenvalue weighted by molar-refractivity contribution is 5.82. The lowest BCUT2D eigenvalue weighted by Gasteiger charge is -2.31. The van der Waals surface area contributed by atoms with Gasteiger partial charge in [0, 0.05) is 19.5 Å². The number of hydrogen-bond donors (Lipinski definition) is 1. The molecule has 2 heterocycles. The van der Waals surface area contributed by atoms with Gasteiger partial charge in [-0.15, -0.1) is 0 Å². The molecule has 23 heavy (non-hydrogen) atoms. The van der Waals surface area contributed by atoms with Gasteiger partial charge in [0.25, 0.3) is 5.92 Å². The van der Waals surface area contributed by atoms with Crippen LogP contribution >= 0.6 is 0 Å². The van der Waals surface area contributed by atoms with Crippen molar-refractivity contribution >= 4 is 5.91 Å². The van der Waals surface area contributed by atoms with Crippen molar-refractivity contribution in [1.82, 2.24) is 10.2 Å². The van der Waals surface area contributed by atoms with Crippen molar-refractivity contribution in [2.45, 2.75) is 31.4 Å². The first kappa shape index (κ1) is 16.0. The number of hydrogen-bond acceptors (Lipinski definition) is 4. The minimum atomic E-state index is -2.80. The van der Waals surface area contributed by atoms with Gasteiger partial charge in [0.2, 0.25) is 5.91 Å². The van der Waals surface area contributed by atoms with Crippen molar-refractivity contribution in [3.63, 3.8) is 0 Å². The molecule has 1 saturated heterocycles. The van der Waals surface area contributed by atoms with Crippen LogP contribution in [-0.4, -0.2) is 50.1 Å². The molecule has 0 saturated carbocycles. The zero-order valence-electron chi connectivity index (χ0n) is 13.2. The van der Waals surface area contributed by atoms with Gasteiger partial charge in [-0.3, -0.25) is 10.1 Å². The summed E-state index contributed by atoms with van der Waals surface area (Å²) in [5.74, 6) is -1.80. The lowest BCUT2D eigenvalue weighted by molar-refractivity contribution is -0.134. The van der Waals surface area contributed by atoms with Gasteiger partial charge in [0.15, 0.2) is 11.5 Å². The highest BCUT2D eigenvalue weighted by Crippen LogP contribution is 2.34. The van der Waals surface area contributed by atoms with E-state index < -0.39 is 24.9 Å². The second-order valence-corrected chi connectivity index (χ2v) is 5.98. The number of ether oxygens (including phenoxy) is 2. The molecule has 126 valence electrons. The van der Waals surface area contributed by atoms with E-state index in [4.69, 9.17) is 9.47 Å². The van der Waals surface area contributed by atoms with E-state index in [1.54, 1.807) is 19.1 Å². The lowest BCUT2D eigenvalue weighted by Crippen LogP contribution is -2.45. The predicted molar refractivity (Wildman–Crippen MR) is 80.0 cm³/mol. The van der Waals surface area contributed by atoms with E-state index in [2.05, 4.69) is 5.32 Å². The van der Waals surface area contributed by atoms with E-state index in [0.29, 0.717) is 31.0 Å². The molecule has 1 atom stereocenters. The van der Waals surface area contributed by atoms with Gasteiger partial charge >= 0.3 is 0 Å². The summed E-state index contributed by atoms with van der Waals surface area (Å²) in [6.45, 7) is 0.488. The minimum absolute atomic E-state index is 0.261. The molecule has 0 radical (unpaired) electrons. The molecule has 1 amide bonds. The number of alkyl halides is 2. The molecule has 2 aliphatic rings. The second kappa shape index (κ2) is 5.96. The number of halogens is 2. The quantitative estimate of drug-likeness (QED) is 0.916. The fraction of sp³-hybridized carbons (Fsp3) is 0.562. The molecule has 1 aromatic rings. The van der Waals surface area contributed by atoms with E-state index in [1.807, 2.05) is 12.1 Å². The monoisotopic (exact) mass is 326 g/mol. The summed E-state index contributed by atoms with van der Waals surface area (Å²) in [4.78, 5) is 14.1. The maximum Gasteiger partial charge on any atom is 0.262 e. The SMILES string of the molecule is COc1cc2c(cc1OC)CN(C(=O)C1CC(F)(F)CN1)CC2. The Morgan fingerprint density at radius 1 is 1.26 bits per heavy atom. The van der Waals surface area contributed by atoms with E-state index >= 15 is 0 Å². The third-order valence-electron chi connectivity index (χ3n) is 4.44. The number of benzene rings is 1. The lowest BCUT2D eigenvalue weighted by atomic mass is 9.98. The van der Waals surface area contributed by atoms with Crippen LogP contribution in [0.1, 0.15) is 17.5 Å². The predicted octanol–water partition coefficient (Wildman–Crippen LogP) is 1.59. The zero-order chi connectivity index (χ0) is 16.6. The maximum absolute atomic E-state index is 13.3. The van der Waals surface area contributed by atoms with E-state index in [-0.39, 0.29) is 5.91 Å². The van der Waals surface area contributed by atoms with Crippen LogP contribution in [0.3, 0.4) is 0 Å². The van der Waals surface area contributed by atoms with Crippen LogP contribution in [0.5, 0.6) is 11.5 Å². The van der Waals surface area contributed by atoms with Crippen molar-refractivity contribution < 1.29 is 23.0 Å². The molecule has 3 rings (SSSR count). The molecule has 1 unspecified atom stereocenters. The van der Waals surface area contributed by atoms with Crippen LogP contribution in [0.25, 0.3) is 0 Å². The average Bonchev–Trinajstić information content (AvgIpc) is 2.92. The summed E-state index contributed by atoms with van der Waals surface area (Å²) in [6.07, 6.45) is 0.242. The van der Waals surface area contributed by atoms with Gasteiger partial charge in [0.05, 0.1) is 26.8 Å². The van der Waals surface area contributed by atoms with E-state index in [9.17, 15) is 13.6 Å². The molecule has 0 bridgehead atoms. The van der Waals surface area contributed by atoms with E-state index in [1.165, 1.54) is 0 Å². The summed E-state index contributed by atoms with van der Waals surface area (Å²) in [5, 5.41) is 2.62. The first-order valence-electron chi connectivity index (χ1n) is 7.57. The summed E-state index contributed by atoms with van der Waals surface area (Å²) in [5.41, 5.74) is 2.06. The number of nitrogens with zero attached hydrogens (tertiary/aromatic N) is 1. The van der Waals surface area contributed by atoms with Gasteiger partial charge in [-0.05, 0) is 29.7 Å². The molecule has 2 aliphatic heterocycles. The molecule has 0 aromatic heterocycles. The number of carbonyl (C=O) groups is 1. The van der Waals surface area contributed by atoms with Crippen LogP contribution in [0.4, 0.5) is 8.78 Å². The summed E-state index contributed by atoms with van der Waals surface area (Å²) >= 11 is 0. The normalized spacial score (nSPS) is 22.6. The van der Waals surface area contributed by atoms with Gasteiger partial charge < -0.3 is 14.4 Å². The fourth-order valence-electron chi connectivity index (χ4n) is 3.18. The smallest absolute Gasteiger partial charge is 0.262 e. The number of carbonyl (C=O) groups excluding carboxylic acids is 1. The third-order valence-corrected chi connectivity index (χ3v) is 4.44. The summed E-state index contributed by atoms with van der Waals surface area (Å²) < 4.78 is 37.1. The Bertz CT molecular complexity index is 622. The molecule has 7 heteroatoms. The summed E-state index contributed by atoms with van der Waals surface area (Å²) in [6, 6.07) is 2.97. The van der Waals surface area contributed by atoms with Crippen LogP contribution in [0.2, 0.25) is 0 Å². The Kier molecular flexibility index (Phi) is 4.14. The van der Waals surface area contributed by atoms with Gasteiger partial charge in [-0.2, -0.15) is 0 Å². The first-order chi connectivity index (χ1) is 10.9. The number of rotatable bonds is 3. The fourth-order valence-corrected chi connectivity index (χ4v) is 3.18. The minimum Gasteiger partial charge on any atom is -0.493 e. The van der Waals surface area contributed by atoms with Gasteiger partial charge in [-0.25, -0.2) is 8.78 Å². The van der Waals surface area contributed by atoms with Gasteiger partial charge in [0.1, 0.15) is 0 Å². The highest BCUT2D eigenvalue weighted by atomic mass is 19.3. The van der Waals surface area contributed by atoms with Crippen molar-refractivity contribution in [2.75, 3.05) is 27.3 Å². The van der Waals surface area contributed by atoms with Crippen LogP contribution in [0.15, 0.2) is 12.1 Å². The number of fused-ring (bicyclic) bond motifs is 1. The molecule has 5 nitrogen and oxygen atoms in total. The number of amides is 1. The highest BCUT2D eigenvalue weighted by Gasteiger charge is 2.43. The summed E-state index contributed by atoms with van der Waals surface area (Å²) in [7, 11) is 3.13. The van der Waals surface area contributed by atoms with Crippen molar-refractivity contribution in [3.05, 3.63) is 23.3 Å². The molecular weight excluding hydrogens is 306 g/mol. The molecule has 1 aromatic carbocycles. The maximum atomic E-state index is 13.3. The standard InChI is InChI=1S/C16H20F2N2O3/c1-22-13-5-10-3-4-20(8-11(10)6-14(13)23-2)15(21)12-7-16(17,18)9-19-12/h5-6,12,19H,3-4,7-9H2,1-2H3. The molecule has 1 fully saturated rings. The molecular formula is C16H20F2N2O3. The van der Waals surface area contributed by atoms with E-state index in [0.717, 1.165) is 11.1 Å². The Balaban J connectivity index is 1.76. The Morgan fingerprint density at radius 3 is 2.48 bits per heavy atom. The Hall–Kier alpha value is -1.89. The Labute approximate surface area is 133 Å². The third kappa shape index (κ3) is 3.10. The van der Waals surface area contributed by atoms with Crippen LogP contribution in [0, 0.1) is 0 Å². The van der Waals surface area contributed by atoms with Crippen molar-refractivity contribution in [1.29, 1.82) is 0 Å². The molecule has 1 N–H and O–H groups in total. The van der Waals surface area contributed by atoms with Crippen molar-refractivity contribution in [2.24, 2.45) is 0 Å². The second-order valence-electron chi connectivity index (χ2n) is 5.98. The number of nitrogens with one attached hydrogen (secondary N) is 1. The first-order valence-corrected chi connectivity index (χ1v) is 7.57. The van der Waals surface area contributed by atoms with Gasteiger partial charge in [-0.1, -0.05) is 0 Å². The Morgan fingerprint density at radius 2 is 1.91 bits per heavy atom. The molecule has 0 aliphatic carbocycles. The molecule has 0 spiro atoms. The zero-order valence-corrected chi connectivity index (χ0v) is 13.2. The van der Waals surface area contributed by atoms with Crippen LogP contribution < -0.4 is 14.8 Å². The van der Waals surface area contributed by atoms with Crippen molar-refractivity contribution in [3.8, 4) is 11.5 Å². The van der Waals surface area contributed by atoms with Crippen LogP contribution in [-0.2, 0) is 17.8 Å². The topological polar surface area (TPSA) is 50.8 Å².